The number of carbonyl (C=O) groups is 1. The molecule has 0 spiro atoms. The van der Waals surface area contributed by atoms with Crippen LogP contribution in [0.3, 0.4) is 0 Å². The Morgan fingerprint density at radius 1 is 0.821 bits per heavy atom. The molecule has 0 unspecified atom stereocenters. The van der Waals surface area contributed by atoms with Crippen molar-refractivity contribution in [2.24, 2.45) is 0 Å². The Labute approximate surface area is 194 Å². The smallest absolute Gasteiger partial charge is 0.454 e. The number of aromatic nitrogens is 2. The third kappa shape index (κ3) is 6.49. The number of nitrogens with zero attached hydrogens (tertiary/aromatic N) is 2. The summed E-state index contributed by atoms with van der Waals surface area (Å²) < 4.78 is 68.1. The molecule has 0 aliphatic heterocycles. The number of ketones is 1. The zero-order valence-electron chi connectivity index (χ0n) is 13.6. The molecule has 2 aromatic heterocycles. The minimum Gasteiger partial charge on any atom is -0.504 e. The summed E-state index contributed by atoms with van der Waals surface area (Å²) in [6, 6.07) is 12.1. The predicted molar refractivity (Wildman–Crippen MR) is 84.9 cm³/mol. The summed E-state index contributed by atoms with van der Waals surface area (Å²) in [6.45, 7) is 0. The summed E-state index contributed by atoms with van der Waals surface area (Å²) in [4.78, 5) is 18.6. The maximum absolute atomic E-state index is 11.4. The molecule has 3 aromatic rings. The number of carbonyl (C=O) groups excluding carboxylic acids is 1. The standard InChI is InChI=1S/C12H8N2.C5H2F6O2.Eu/c1-3-9-5-6-10-4-2-8-14-12(10)11(9)13-7-1;6-4(7,8)2(12)1-3(13)5(9,10)11;/h1-8H;1,12H;/b;2-1-;. The van der Waals surface area contributed by atoms with Crippen LogP contribution in [0.5, 0.6) is 0 Å². The fraction of sp³-hybridized carbons (Fsp3) is 0.118. The van der Waals surface area contributed by atoms with Gasteiger partial charge in [-0.2, -0.15) is 26.3 Å². The quantitative estimate of drug-likeness (QED) is 0.207. The molecule has 0 fully saturated rings. The molecule has 1 radical (unpaired) electrons. The number of aliphatic hydroxyl groups excluding tert-OH is 1. The maximum Gasteiger partial charge on any atom is 0.454 e. The maximum atomic E-state index is 11.4. The van der Waals surface area contributed by atoms with E-state index in [1.54, 1.807) is 12.4 Å². The Kier molecular flexibility index (Phi) is 8.52. The van der Waals surface area contributed by atoms with Crippen LogP contribution in [0.2, 0.25) is 0 Å². The number of hydrogen-bond acceptors (Lipinski definition) is 4. The molecule has 2 heterocycles. The molecule has 28 heavy (non-hydrogen) atoms. The van der Waals surface area contributed by atoms with Crippen LogP contribution in [0.15, 0.2) is 60.6 Å². The number of halogens is 6. The first-order valence-electron chi connectivity index (χ1n) is 7.17. The Morgan fingerprint density at radius 3 is 1.61 bits per heavy atom. The van der Waals surface area contributed by atoms with Crippen LogP contribution in [-0.2, 0) is 4.79 Å². The van der Waals surface area contributed by atoms with Gasteiger partial charge in [0.1, 0.15) is 0 Å². The summed E-state index contributed by atoms with van der Waals surface area (Å²) in [5.74, 6) is -5.34. The van der Waals surface area contributed by atoms with Crippen molar-refractivity contribution in [1.82, 2.24) is 9.97 Å². The van der Waals surface area contributed by atoms with Gasteiger partial charge in [-0.1, -0.05) is 24.3 Å². The molecule has 0 saturated heterocycles. The van der Waals surface area contributed by atoms with Crippen molar-refractivity contribution in [3.05, 3.63) is 60.6 Å². The molecular formula is C17H10EuF6N2O2. The zero-order valence-corrected chi connectivity index (χ0v) is 16.0. The molecule has 1 N–H and O–H groups in total. The zero-order chi connectivity index (χ0) is 20.2. The van der Waals surface area contributed by atoms with Gasteiger partial charge in [-0.15, -0.1) is 0 Å². The van der Waals surface area contributed by atoms with Gasteiger partial charge in [0, 0.05) is 78.6 Å². The molecule has 1 aromatic carbocycles. The number of aliphatic hydroxyl groups is 1. The SMILES string of the molecule is O=C(/C=C(\O)C(F)(F)F)C(F)(F)F.[Eu].c1cnc2c(c1)ccc1cccnc12. The number of allylic oxidation sites excluding steroid dienone is 2. The predicted octanol–water partition coefficient (Wildman–Crippen LogP) is 4.91. The Morgan fingerprint density at radius 2 is 1.25 bits per heavy atom. The van der Waals surface area contributed by atoms with Gasteiger partial charge in [0.25, 0.3) is 5.78 Å². The van der Waals surface area contributed by atoms with E-state index in [2.05, 4.69) is 34.2 Å². The van der Waals surface area contributed by atoms with Gasteiger partial charge in [-0.25, -0.2) is 0 Å². The summed E-state index contributed by atoms with van der Waals surface area (Å²) in [5, 5.41) is 10.2. The van der Waals surface area contributed by atoms with Gasteiger partial charge in [-0.05, 0) is 12.1 Å². The monoisotopic (exact) mass is 541 g/mol. The molecule has 0 aliphatic carbocycles. The van der Waals surface area contributed by atoms with E-state index in [4.69, 9.17) is 5.11 Å². The average Bonchev–Trinajstić information content (AvgIpc) is 2.60. The number of rotatable bonds is 1. The summed E-state index contributed by atoms with van der Waals surface area (Å²) in [7, 11) is 0. The molecule has 0 atom stereocenters. The van der Waals surface area contributed by atoms with Gasteiger partial charge in [-0.3, -0.25) is 14.8 Å². The topological polar surface area (TPSA) is 63.1 Å². The second-order valence-electron chi connectivity index (χ2n) is 5.11. The van der Waals surface area contributed by atoms with Crippen molar-refractivity contribution in [2.45, 2.75) is 12.4 Å². The molecule has 0 bridgehead atoms. The van der Waals surface area contributed by atoms with E-state index >= 15 is 0 Å². The van der Waals surface area contributed by atoms with Crippen LogP contribution in [-0.4, -0.2) is 33.2 Å². The first kappa shape index (κ1) is 24.5. The van der Waals surface area contributed by atoms with E-state index in [1.165, 1.54) is 0 Å². The van der Waals surface area contributed by atoms with E-state index in [0.29, 0.717) is 0 Å². The number of fused-ring (bicyclic) bond motifs is 3. The molecule has 0 saturated carbocycles. The van der Waals surface area contributed by atoms with Gasteiger partial charge >= 0.3 is 12.4 Å². The molecule has 4 nitrogen and oxygen atoms in total. The fourth-order valence-electron chi connectivity index (χ4n) is 1.97. The van der Waals surface area contributed by atoms with Crippen molar-refractivity contribution in [1.29, 1.82) is 0 Å². The van der Waals surface area contributed by atoms with Crippen LogP contribution < -0.4 is 0 Å². The second kappa shape index (κ2) is 9.75. The number of pyridine rings is 2. The van der Waals surface area contributed by atoms with Crippen LogP contribution in [0, 0.1) is 49.4 Å². The van der Waals surface area contributed by atoms with Crippen LogP contribution in [0.1, 0.15) is 0 Å². The summed E-state index contributed by atoms with van der Waals surface area (Å²) >= 11 is 0. The molecule has 149 valence electrons. The summed E-state index contributed by atoms with van der Waals surface area (Å²) in [5.41, 5.74) is 1.95. The van der Waals surface area contributed by atoms with Gasteiger partial charge in [0.15, 0.2) is 0 Å². The van der Waals surface area contributed by atoms with Crippen molar-refractivity contribution >= 4 is 27.6 Å². The van der Waals surface area contributed by atoms with Crippen molar-refractivity contribution in [3.63, 3.8) is 0 Å². The first-order valence-corrected chi connectivity index (χ1v) is 7.17. The Balaban J connectivity index is 0.000000272. The largest absolute Gasteiger partial charge is 0.504 e. The van der Waals surface area contributed by atoms with E-state index in [0.717, 1.165) is 21.8 Å². The van der Waals surface area contributed by atoms with E-state index in [1.807, 2.05) is 12.1 Å². The van der Waals surface area contributed by atoms with Crippen molar-refractivity contribution in [3.8, 4) is 0 Å². The Bertz CT molecular complexity index is 947. The van der Waals surface area contributed by atoms with Gasteiger partial charge in [0.05, 0.1) is 11.0 Å². The number of alkyl halides is 6. The summed E-state index contributed by atoms with van der Waals surface area (Å²) in [6.07, 6.45) is -8.08. The van der Waals surface area contributed by atoms with Crippen LogP contribution >= 0.6 is 0 Å². The molecule has 3 rings (SSSR count). The third-order valence-corrected chi connectivity index (χ3v) is 3.18. The fourth-order valence-corrected chi connectivity index (χ4v) is 1.97. The normalized spacial score (nSPS) is 12.1. The van der Waals surface area contributed by atoms with Gasteiger partial charge in [0.2, 0.25) is 5.76 Å². The number of benzene rings is 1. The Hall–Kier alpha value is -1.59. The third-order valence-electron chi connectivity index (χ3n) is 3.18. The van der Waals surface area contributed by atoms with E-state index in [9.17, 15) is 31.1 Å². The van der Waals surface area contributed by atoms with Gasteiger partial charge < -0.3 is 5.11 Å². The average molecular weight is 540 g/mol. The second-order valence-corrected chi connectivity index (χ2v) is 5.11. The minimum atomic E-state index is -5.42. The van der Waals surface area contributed by atoms with Crippen LogP contribution in [0.25, 0.3) is 21.8 Å². The number of hydrogen-bond donors (Lipinski definition) is 1. The van der Waals surface area contributed by atoms with Crippen molar-refractivity contribution in [2.75, 3.05) is 0 Å². The van der Waals surface area contributed by atoms with E-state index < -0.39 is 30.0 Å². The first-order chi connectivity index (χ1) is 12.5. The molecule has 0 amide bonds. The van der Waals surface area contributed by atoms with Crippen LogP contribution in [0.4, 0.5) is 26.3 Å². The van der Waals surface area contributed by atoms with Crippen molar-refractivity contribution < 1.29 is 85.6 Å². The molecule has 0 aliphatic rings. The molecule has 11 heteroatoms. The minimum absolute atomic E-state index is 0. The van der Waals surface area contributed by atoms with E-state index in [-0.39, 0.29) is 49.4 Å². The molecular weight excluding hydrogens is 530 g/mol.